The van der Waals surface area contributed by atoms with Crippen molar-refractivity contribution in [3.63, 3.8) is 0 Å². The summed E-state index contributed by atoms with van der Waals surface area (Å²) in [5.41, 5.74) is 1.55. The minimum atomic E-state index is -0.492. The molecule has 32 heavy (non-hydrogen) atoms. The van der Waals surface area contributed by atoms with Crippen molar-refractivity contribution in [1.29, 1.82) is 0 Å². The van der Waals surface area contributed by atoms with E-state index in [2.05, 4.69) is 0 Å². The molecule has 0 saturated carbocycles. The van der Waals surface area contributed by atoms with Crippen LogP contribution >= 0.6 is 0 Å². The lowest BCUT2D eigenvalue weighted by atomic mass is 9.98. The minimum Gasteiger partial charge on any atom is -0.497 e. The number of nitrogens with one attached hydrogen (secondary N) is 1. The predicted octanol–water partition coefficient (Wildman–Crippen LogP) is 1.65. The van der Waals surface area contributed by atoms with E-state index in [0.717, 1.165) is 44.8 Å². The quantitative estimate of drug-likeness (QED) is 0.638. The van der Waals surface area contributed by atoms with E-state index in [9.17, 15) is 9.59 Å². The van der Waals surface area contributed by atoms with Gasteiger partial charge in [-0.2, -0.15) is 0 Å². The van der Waals surface area contributed by atoms with E-state index in [1.54, 1.807) is 30.2 Å². The highest BCUT2D eigenvalue weighted by molar-refractivity contribution is 5.99. The summed E-state index contributed by atoms with van der Waals surface area (Å²) in [7, 11) is 1.61. The first-order chi connectivity index (χ1) is 15.7. The van der Waals surface area contributed by atoms with Crippen LogP contribution in [0.4, 0.5) is 0 Å². The molecule has 3 aromatic rings. The number of quaternary nitrogens is 1. The summed E-state index contributed by atoms with van der Waals surface area (Å²) in [6.07, 6.45) is 0.837. The van der Waals surface area contributed by atoms with Crippen molar-refractivity contribution in [2.45, 2.75) is 12.5 Å². The van der Waals surface area contributed by atoms with Crippen molar-refractivity contribution >= 4 is 16.9 Å². The second kappa shape index (κ2) is 8.76. The first kappa shape index (κ1) is 20.7. The average molecular weight is 436 g/mol. The van der Waals surface area contributed by atoms with E-state index < -0.39 is 6.04 Å². The van der Waals surface area contributed by atoms with Gasteiger partial charge in [-0.3, -0.25) is 9.59 Å². The van der Waals surface area contributed by atoms with Crippen molar-refractivity contribution in [3.8, 4) is 5.75 Å². The summed E-state index contributed by atoms with van der Waals surface area (Å²) in [4.78, 5) is 30.2. The van der Waals surface area contributed by atoms with Crippen LogP contribution in [0.1, 0.15) is 34.1 Å². The normalized spacial score (nSPS) is 18.8. The van der Waals surface area contributed by atoms with E-state index in [-0.39, 0.29) is 17.1 Å². The molecule has 1 saturated heterocycles. The zero-order valence-corrected chi connectivity index (χ0v) is 18.1. The zero-order chi connectivity index (χ0) is 22.1. The maximum absolute atomic E-state index is 13.5. The fourth-order valence-corrected chi connectivity index (χ4v) is 4.77. The van der Waals surface area contributed by atoms with Crippen LogP contribution in [0.3, 0.4) is 0 Å². The highest BCUT2D eigenvalue weighted by Gasteiger charge is 2.42. The van der Waals surface area contributed by atoms with Crippen LogP contribution in [0.25, 0.3) is 11.0 Å². The number of carbonyl (C=O) groups is 1. The third-order valence-corrected chi connectivity index (χ3v) is 6.41. The van der Waals surface area contributed by atoms with Crippen molar-refractivity contribution in [2.24, 2.45) is 0 Å². The number of rotatable bonds is 6. The second-order valence-corrected chi connectivity index (χ2v) is 8.31. The van der Waals surface area contributed by atoms with Gasteiger partial charge in [-0.25, -0.2) is 0 Å². The molecule has 166 valence electrons. The number of fused-ring (bicyclic) bond motifs is 2. The van der Waals surface area contributed by atoms with E-state index >= 15 is 0 Å². The first-order valence-electron chi connectivity index (χ1n) is 11.1. The summed E-state index contributed by atoms with van der Waals surface area (Å²) < 4.78 is 16.8. The van der Waals surface area contributed by atoms with Gasteiger partial charge in [-0.05, 0) is 29.8 Å². The predicted molar refractivity (Wildman–Crippen MR) is 119 cm³/mol. The number of para-hydroxylation sites is 1. The molecule has 0 radical (unpaired) electrons. The van der Waals surface area contributed by atoms with Crippen LogP contribution in [0.2, 0.25) is 0 Å². The number of hydrogen-bond acceptors (Lipinski definition) is 5. The molecule has 0 spiro atoms. The Bertz CT molecular complexity index is 1200. The first-order valence-corrected chi connectivity index (χ1v) is 11.1. The van der Waals surface area contributed by atoms with Gasteiger partial charge in [0.1, 0.15) is 24.4 Å². The van der Waals surface area contributed by atoms with Gasteiger partial charge in [0.25, 0.3) is 5.91 Å². The van der Waals surface area contributed by atoms with E-state index in [1.165, 1.54) is 4.90 Å². The monoisotopic (exact) mass is 435 g/mol. The Morgan fingerprint density at radius 1 is 1.09 bits per heavy atom. The summed E-state index contributed by atoms with van der Waals surface area (Å²) in [5.74, 6) is 0.610. The topological polar surface area (TPSA) is 73.4 Å². The second-order valence-electron chi connectivity index (χ2n) is 8.31. The third kappa shape index (κ3) is 3.67. The highest BCUT2D eigenvalue weighted by atomic mass is 16.5. The molecule has 1 fully saturated rings. The fourth-order valence-electron chi connectivity index (χ4n) is 4.77. The van der Waals surface area contributed by atoms with Crippen molar-refractivity contribution in [2.75, 3.05) is 46.5 Å². The van der Waals surface area contributed by atoms with Gasteiger partial charge in [0.05, 0.1) is 43.9 Å². The van der Waals surface area contributed by atoms with E-state index in [0.29, 0.717) is 28.8 Å². The summed E-state index contributed by atoms with van der Waals surface area (Å²) >= 11 is 0. The van der Waals surface area contributed by atoms with Crippen molar-refractivity contribution < 1.29 is 23.6 Å². The van der Waals surface area contributed by atoms with E-state index in [4.69, 9.17) is 13.9 Å². The fraction of sp³-hybridized carbons (Fsp3) is 0.360. The molecule has 2 aliphatic heterocycles. The molecule has 0 unspecified atom stereocenters. The molecule has 0 bridgehead atoms. The third-order valence-electron chi connectivity index (χ3n) is 6.41. The van der Waals surface area contributed by atoms with Crippen LogP contribution in [-0.2, 0) is 4.74 Å². The van der Waals surface area contributed by atoms with Gasteiger partial charge in [-0.1, -0.05) is 24.3 Å². The van der Waals surface area contributed by atoms with Crippen LogP contribution in [-0.4, -0.2) is 57.3 Å². The summed E-state index contributed by atoms with van der Waals surface area (Å²) in [6, 6.07) is 14.2. The number of hydrogen-bond donors (Lipinski definition) is 1. The molecule has 2 aliphatic rings. The van der Waals surface area contributed by atoms with E-state index in [1.807, 2.05) is 30.3 Å². The molecule has 1 aromatic heterocycles. The molecule has 0 aliphatic carbocycles. The van der Waals surface area contributed by atoms with Gasteiger partial charge >= 0.3 is 0 Å². The number of amides is 1. The van der Waals surface area contributed by atoms with Crippen LogP contribution < -0.4 is 15.1 Å². The summed E-state index contributed by atoms with van der Waals surface area (Å²) in [6.45, 7) is 5.03. The highest BCUT2D eigenvalue weighted by Crippen LogP contribution is 2.38. The average Bonchev–Trinajstić information content (AvgIpc) is 3.12. The minimum absolute atomic E-state index is 0.149. The molecule has 7 nitrogen and oxygen atoms in total. The maximum atomic E-state index is 13.5. The molecule has 2 aromatic carbocycles. The molecule has 1 N–H and O–H groups in total. The van der Waals surface area contributed by atoms with Crippen molar-refractivity contribution in [1.82, 2.24) is 4.90 Å². The van der Waals surface area contributed by atoms with Crippen molar-refractivity contribution in [3.05, 3.63) is 75.6 Å². The number of morpholine rings is 1. The number of methoxy groups -OCH3 is 1. The molecule has 3 heterocycles. The van der Waals surface area contributed by atoms with Crippen LogP contribution in [0.5, 0.6) is 5.75 Å². The number of ether oxygens (including phenoxy) is 2. The molecule has 1 atom stereocenters. The Hall–Kier alpha value is -3.16. The molecule has 5 rings (SSSR count). The Labute approximate surface area is 186 Å². The van der Waals surface area contributed by atoms with Gasteiger partial charge in [0.2, 0.25) is 5.76 Å². The van der Waals surface area contributed by atoms with Gasteiger partial charge in [0, 0.05) is 13.0 Å². The Balaban J connectivity index is 1.53. The Kier molecular flexibility index (Phi) is 5.68. The number of benzene rings is 2. The SMILES string of the molecule is COc1cccc([C@H]2c3c(oc4ccccc4c3=O)C(=O)N2CCC[NH+]2CCOCC2)c1. The Morgan fingerprint density at radius 2 is 1.91 bits per heavy atom. The number of nitrogens with zero attached hydrogens (tertiary/aromatic N) is 1. The lowest BCUT2D eigenvalue weighted by Gasteiger charge is -2.27. The molecular formula is C25H27N2O5+. The van der Waals surface area contributed by atoms with Crippen LogP contribution in [0.15, 0.2) is 57.7 Å². The van der Waals surface area contributed by atoms with Gasteiger partial charge in [0.15, 0.2) is 5.43 Å². The molecule has 1 amide bonds. The zero-order valence-electron chi connectivity index (χ0n) is 18.1. The van der Waals surface area contributed by atoms with Gasteiger partial charge in [-0.15, -0.1) is 0 Å². The number of carbonyl (C=O) groups excluding carboxylic acids is 1. The molecule has 7 heteroatoms. The lowest BCUT2D eigenvalue weighted by molar-refractivity contribution is -0.908. The van der Waals surface area contributed by atoms with Gasteiger partial charge < -0.3 is 23.7 Å². The van der Waals surface area contributed by atoms with Crippen LogP contribution in [0, 0.1) is 0 Å². The molecular weight excluding hydrogens is 408 g/mol. The smallest absolute Gasteiger partial charge is 0.290 e. The largest absolute Gasteiger partial charge is 0.497 e. The Morgan fingerprint density at radius 3 is 2.72 bits per heavy atom. The summed E-state index contributed by atoms with van der Waals surface area (Å²) in [5, 5.41) is 0.492. The lowest BCUT2D eigenvalue weighted by Crippen LogP contribution is -3.14. The standard InChI is InChI=1S/C25H26N2O5/c1-30-18-7-4-6-17(16-18)22-21-23(28)19-8-2-3-9-20(19)32-24(21)25(29)27(22)11-5-10-26-12-14-31-15-13-26/h2-4,6-9,16,22H,5,10-15H2,1H3/p+1/t22-/m0/s1. The maximum Gasteiger partial charge on any atom is 0.290 e.